The number of likely N-dealkylation sites (N-methyl/N-ethyl adjacent to an activating group) is 1. The maximum atomic E-state index is 14.4. The Morgan fingerprint density at radius 1 is 1.08 bits per heavy atom. The number of hydrogen-bond acceptors (Lipinski definition) is 5. The molecule has 36 heavy (non-hydrogen) atoms. The molecule has 0 aromatic heterocycles. The smallest absolute Gasteiger partial charge is 0.251 e. The molecule has 2 saturated heterocycles. The molecule has 192 valence electrons. The largest absolute Gasteiger partial charge is 0.394 e. The Morgan fingerprint density at radius 2 is 1.81 bits per heavy atom. The summed E-state index contributed by atoms with van der Waals surface area (Å²) in [4.78, 5) is 47.1. The number of benzene rings is 1. The van der Waals surface area contributed by atoms with Gasteiger partial charge < -0.3 is 19.8 Å². The van der Waals surface area contributed by atoms with Crippen LogP contribution >= 0.6 is 23.4 Å². The average Bonchev–Trinajstić information content (AvgIpc) is 3.17. The lowest BCUT2D eigenvalue weighted by atomic mass is 9.78. The number of likely N-dealkylation sites (tertiary alicyclic amines) is 1. The Balaban J connectivity index is 1.65. The normalized spacial score (nSPS) is 32.5. The van der Waals surface area contributed by atoms with E-state index in [0.29, 0.717) is 30.2 Å². The Hall–Kier alpha value is -2.29. The van der Waals surface area contributed by atoms with Crippen LogP contribution in [0.15, 0.2) is 48.6 Å². The highest BCUT2D eigenvalue weighted by Gasteiger charge is 2.71. The summed E-state index contributed by atoms with van der Waals surface area (Å²) in [5.74, 6) is -1.51. The van der Waals surface area contributed by atoms with Gasteiger partial charge in [0.25, 0.3) is 5.91 Å². The van der Waals surface area contributed by atoms with Crippen molar-refractivity contribution in [3.05, 3.63) is 53.6 Å². The van der Waals surface area contributed by atoms with Gasteiger partial charge in [-0.1, -0.05) is 49.8 Å². The third-order valence-corrected chi connectivity index (χ3v) is 9.78. The summed E-state index contributed by atoms with van der Waals surface area (Å²) in [6.07, 6.45) is 8.51. The minimum atomic E-state index is -0.896. The van der Waals surface area contributed by atoms with Crippen LogP contribution < -0.4 is 4.90 Å². The number of amides is 3. The van der Waals surface area contributed by atoms with Gasteiger partial charge in [0, 0.05) is 36.1 Å². The number of rotatable bonds is 5. The average molecular weight is 530 g/mol. The predicted octanol–water partition coefficient (Wildman–Crippen LogP) is 2.98. The fourth-order valence-corrected chi connectivity index (χ4v) is 8.39. The molecule has 0 bridgehead atoms. The van der Waals surface area contributed by atoms with Crippen molar-refractivity contribution >= 4 is 46.8 Å². The van der Waals surface area contributed by atoms with Gasteiger partial charge in [0.2, 0.25) is 11.8 Å². The molecule has 4 heterocycles. The molecule has 0 aliphatic carbocycles. The van der Waals surface area contributed by atoms with Gasteiger partial charge >= 0.3 is 0 Å². The number of thioether (sulfide) groups is 1. The topological polar surface area (TPSA) is 81.2 Å². The Morgan fingerprint density at radius 3 is 2.47 bits per heavy atom. The molecule has 4 aliphatic heterocycles. The van der Waals surface area contributed by atoms with E-state index in [0.717, 1.165) is 0 Å². The molecule has 3 amide bonds. The van der Waals surface area contributed by atoms with Crippen molar-refractivity contribution in [3.8, 4) is 0 Å². The van der Waals surface area contributed by atoms with Crippen molar-refractivity contribution in [2.45, 2.75) is 42.3 Å². The summed E-state index contributed by atoms with van der Waals surface area (Å²) in [6.45, 7) is 4.68. The van der Waals surface area contributed by atoms with Crippen molar-refractivity contribution < 1.29 is 19.5 Å². The van der Waals surface area contributed by atoms with Crippen LogP contribution in [-0.4, -0.2) is 81.5 Å². The molecule has 1 aromatic carbocycles. The van der Waals surface area contributed by atoms with E-state index >= 15 is 0 Å². The van der Waals surface area contributed by atoms with Gasteiger partial charge in [-0.05, 0) is 36.6 Å². The molecule has 0 saturated carbocycles. The number of aliphatic hydroxyl groups is 1. The van der Waals surface area contributed by atoms with Crippen LogP contribution in [0.1, 0.15) is 20.3 Å². The van der Waals surface area contributed by atoms with E-state index in [-0.39, 0.29) is 35.5 Å². The first kappa shape index (κ1) is 25.4. The summed E-state index contributed by atoms with van der Waals surface area (Å²) in [6, 6.07) is 5.74. The fraction of sp³-hybridized carbons (Fsp3) is 0.519. The lowest BCUT2D eigenvalue weighted by molar-refractivity contribution is -0.144. The van der Waals surface area contributed by atoms with Gasteiger partial charge in [0.05, 0.1) is 29.2 Å². The summed E-state index contributed by atoms with van der Waals surface area (Å²) in [5, 5.41) is 10.8. The van der Waals surface area contributed by atoms with Crippen LogP contribution in [0.4, 0.5) is 5.69 Å². The minimum Gasteiger partial charge on any atom is -0.394 e. The molecule has 5 rings (SSSR count). The van der Waals surface area contributed by atoms with Crippen molar-refractivity contribution in [1.29, 1.82) is 0 Å². The summed E-state index contributed by atoms with van der Waals surface area (Å²) in [5.41, 5.74) is 0.694. The van der Waals surface area contributed by atoms with Gasteiger partial charge in [-0.2, -0.15) is 0 Å². The van der Waals surface area contributed by atoms with E-state index in [1.165, 1.54) is 0 Å². The number of carbonyl (C=O) groups is 3. The third-order valence-electron chi connectivity index (χ3n) is 7.78. The van der Waals surface area contributed by atoms with E-state index in [2.05, 4.69) is 0 Å². The fourth-order valence-electron chi connectivity index (χ4n) is 6.27. The third kappa shape index (κ3) is 3.89. The van der Waals surface area contributed by atoms with E-state index in [1.807, 2.05) is 38.2 Å². The maximum absolute atomic E-state index is 14.4. The quantitative estimate of drug-likeness (QED) is 0.593. The second kappa shape index (κ2) is 9.54. The zero-order valence-corrected chi connectivity index (χ0v) is 22.3. The molecule has 6 atom stereocenters. The molecular formula is C27H32ClN3O4S. The lowest BCUT2D eigenvalue weighted by Crippen LogP contribution is -2.57. The maximum Gasteiger partial charge on any atom is 0.251 e. The summed E-state index contributed by atoms with van der Waals surface area (Å²) < 4.78 is -0.896. The van der Waals surface area contributed by atoms with Crippen LogP contribution in [0, 0.1) is 17.8 Å². The molecular weight excluding hydrogens is 498 g/mol. The number of fused-ring (bicyclic) bond motifs is 2. The van der Waals surface area contributed by atoms with Crippen LogP contribution in [0.3, 0.4) is 0 Å². The number of carbonyl (C=O) groups excluding carboxylic acids is 3. The van der Waals surface area contributed by atoms with E-state index < -0.39 is 28.7 Å². The van der Waals surface area contributed by atoms with Crippen LogP contribution in [0.2, 0.25) is 5.02 Å². The first-order valence-corrected chi connectivity index (χ1v) is 13.7. The first-order chi connectivity index (χ1) is 17.2. The molecule has 7 nitrogen and oxygen atoms in total. The molecule has 1 N–H and O–H groups in total. The number of halogens is 1. The number of aliphatic hydroxyl groups excluding tert-OH is 1. The molecule has 1 spiro atoms. The summed E-state index contributed by atoms with van der Waals surface area (Å²) >= 11 is 7.65. The first-order valence-electron chi connectivity index (χ1n) is 12.5. The van der Waals surface area contributed by atoms with Crippen LogP contribution in [0.5, 0.6) is 0 Å². The SMILES string of the molecule is CC(C)C[C@H](CO)N1C(=O)[C@@H]2[C@@H]3C(=O)N(C)CC=C[C@@H]3S[C@@]23C=CCN(c2ccc(Cl)cc2)C(=O)C13. The predicted molar refractivity (Wildman–Crippen MR) is 142 cm³/mol. The second-order valence-corrected chi connectivity index (χ2v) is 12.5. The van der Waals surface area contributed by atoms with Crippen LogP contribution in [0.25, 0.3) is 0 Å². The number of nitrogens with zero attached hydrogens (tertiary/aromatic N) is 3. The zero-order valence-electron chi connectivity index (χ0n) is 20.7. The Bertz CT molecular complexity index is 1120. The molecule has 2 fully saturated rings. The Kier molecular flexibility index (Phi) is 6.72. The lowest BCUT2D eigenvalue weighted by Gasteiger charge is -2.39. The van der Waals surface area contributed by atoms with E-state index in [4.69, 9.17) is 11.6 Å². The molecule has 1 aromatic rings. The highest BCUT2D eigenvalue weighted by Crippen LogP contribution is 2.61. The van der Waals surface area contributed by atoms with Crippen molar-refractivity contribution in [3.63, 3.8) is 0 Å². The second-order valence-electron chi connectivity index (χ2n) is 10.5. The zero-order chi connectivity index (χ0) is 25.8. The van der Waals surface area contributed by atoms with Gasteiger partial charge in [-0.3, -0.25) is 14.4 Å². The monoisotopic (exact) mass is 529 g/mol. The van der Waals surface area contributed by atoms with Crippen molar-refractivity contribution in [2.75, 3.05) is 31.6 Å². The van der Waals surface area contributed by atoms with Gasteiger partial charge in [0.15, 0.2) is 0 Å². The van der Waals surface area contributed by atoms with Crippen LogP contribution in [-0.2, 0) is 14.4 Å². The van der Waals surface area contributed by atoms with Crippen molar-refractivity contribution in [2.24, 2.45) is 17.8 Å². The minimum absolute atomic E-state index is 0.0719. The van der Waals surface area contributed by atoms with Gasteiger partial charge in [-0.25, -0.2) is 0 Å². The summed E-state index contributed by atoms with van der Waals surface area (Å²) in [7, 11) is 1.75. The van der Waals surface area contributed by atoms with Gasteiger partial charge in [-0.15, -0.1) is 11.8 Å². The highest BCUT2D eigenvalue weighted by atomic mass is 35.5. The number of hydrogen-bond donors (Lipinski definition) is 1. The highest BCUT2D eigenvalue weighted by molar-refractivity contribution is 8.02. The van der Waals surface area contributed by atoms with E-state index in [1.54, 1.807) is 57.8 Å². The number of anilines is 1. The molecule has 4 aliphatic rings. The van der Waals surface area contributed by atoms with Crippen molar-refractivity contribution in [1.82, 2.24) is 9.80 Å². The standard InChI is InChI=1S/C27H32ClN3O4S/c1-16(2)14-19(15-32)31-23-26(35)30(18-9-7-17(28)8-10-18)13-5-11-27(23)22(25(31)34)21-20(36-27)6-4-12-29(3)24(21)33/h4-11,16,19-23,32H,12-15H2,1-3H3/t19-,20+,21-,22+,23?,27+/m1/s1. The Labute approximate surface area is 221 Å². The molecule has 1 unspecified atom stereocenters. The van der Waals surface area contributed by atoms with E-state index in [9.17, 15) is 19.5 Å². The van der Waals surface area contributed by atoms with Gasteiger partial charge in [0.1, 0.15) is 6.04 Å². The molecule has 9 heteroatoms. The molecule has 0 radical (unpaired) electrons.